The van der Waals surface area contributed by atoms with Gasteiger partial charge in [-0.05, 0) is 60.5 Å². The molecule has 0 bridgehead atoms. The number of aromatic nitrogens is 1. The lowest BCUT2D eigenvalue weighted by Gasteiger charge is -2.30. The van der Waals surface area contributed by atoms with E-state index in [2.05, 4.69) is 21.2 Å². The van der Waals surface area contributed by atoms with Crippen molar-refractivity contribution in [3.8, 4) is 0 Å². The molecule has 0 aliphatic carbocycles. The van der Waals surface area contributed by atoms with Crippen LogP contribution in [0.1, 0.15) is 21.9 Å². The average Bonchev–Trinajstić information content (AvgIpc) is 3.37. The fraction of sp³-hybridized carbons (Fsp3) is 0.172. The molecular formula is C29H21BrFN3O4S2. The number of halogens is 2. The Hall–Kier alpha value is -3.54. The van der Waals surface area contributed by atoms with Crippen LogP contribution in [0.15, 0.2) is 87.1 Å². The Morgan fingerprint density at radius 3 is 2.38 bits per heavy atom. The normalized spacial score (nSPS) is 19.9. The summed E-state index contributed by atoms with van der Waals surface area (Å²) < 4.78 is 15.8. The molecule has 202 valence electrons. The van der Waals surface area contributed by atoms with Gasteiger partial charge in [0, 0.05) is 21.0 Å². The van der Waals surface area contributed by atoms with Gasteiger partial charge in [-0.15, -0.1) is 0 Å². The van der Waals surface area contributed by atoms with Gasteiger partial charge >= 0.3 is 4.87 Å². The molecule has 40 heavy (non-hydrogen) atoms. The molecule has 0 saturated carbocycles. The van der Waals surface area contributed by atoms with Gasteiger partial charge in [0.25, 0.3) is 0 Å². The van der Waals surface area contributed by atoms with Crippen molar-refractivity contribution in [2.45, 2.75) is 29.7 Å². The van der Waals surface area contributed by atoms with Crippen LogP contribution in [0.2, 0.25) is 0 Å². The van der Waals surface area contributed by atoms with E-state index in [1.807, 2.05) is 49.4 Å². The second-order valence-electron chi connectivity index (χ2n) is 9.57. The van der Waals surface area contributed by atoms with E-state index < -0.39 is 34.7 Å². The number of rotatable bonds is 5. The molecule has 1 aromatic heterocycles. The lowest BCUT2D eigenvalue weighted by molar-refractivity contribution is -0.122. The SMILES string of the molecule is Cc1ccccc1NC(=O)Cn1c2c(sc1=O)[C@@H](c1ccc(Br)cc1)[C@@H]1C(=O)N(c3ccc(F)cc3)C(=O)[C@@H]1S2. The first-order valence-electron chi connectivity index (χ1n) is 12.4. The van der Waals surface area contributed by atoms with Crippen LogP contribution in [0, 0.1) is 18.7 Å². The van der Waals surface area contributed by atoms with Crippen molar-refractivity contribution in [1.82, 2.24) is 4.57 Å². The van der Waals surface area contributed by atoms with Crippen LogP contribution in [0.5, 0.6) is 0 Å². The minimum Gasteiger partial charge on any atom is -0.324 e. The maximum Gasteiger partial charge on any atom is 0.308 e. The molecule has 2 aliphatic heterocycles. The molecule has 0 spiro atoms. The summed E-state index contributed by atoms with van der Waals surface area (Å²) in [7, 11) is 0. The number of anilines is 2. The molecule has 2 aliphatic rings. The second-order valence-corrected chi connectivity index (χ2v) is 12.6. The molecule has 0 unspecified atom stereocenters. The molecule has 3 aromatic carbocycles. The number of thioether (sulfide) groups is 1. The quantitative estimate of drug-likeness (QED) is 0.290. The predicted octanol–water partition coefficient (Wildman–Crippen LogP) is 5.55. The number of hydrogen-bond donors (Lipinski definition) is 1. The van der Waals surface area contributed by atoms with Crippen molar-refractivity contribution in [3.05, 3.63) is 109 Å². The number of fused-ring (bicyclic) bond motifs is 2. The number of nitrogens with one attached hydrogen (secondary N) is 1. The van der Waals surface area contributed by atoms with Crippen molar-refractivity contribution in [3.63, 3.8) is 0 Å². The maximum absolute atomic E-state index is 13.8. The number of carbonyl (C=O) groups excluding carboxylic acids is 3. The van der Waals surface area contributed by atoms with E-state index >= 15 is 0 Å². The number of amides is 3. The van der Waals surface area contributed by atoms with Gasteiger partial charge in [0.2, 0.25) is 17.7 Å². The zero-order valence-electron chi connectivity index (χ0n) is 21.0. The Bertz CT molecular complexity index is 1720. The number of benzene rings is 3. The summed E-state index contributed by atoms with van der Waals surface area (Å²) in [6, 6.07) is 20.0. The average molecular weight is 639 g/mol. The van der Waals surface area contributed by atoms with E-state index in [4.69, 9.17) is 0 Å². The standard InChI is InChI=1S/C29H21BrFN3O4S2/c1-15-4-2-3-5-20(15)32-21(35)14-33-28-25(40-29(33)38)22(16-6-8-17(30)9-7-16)23-24(39-28)27(37)34(26(23)36)19-12-10-18(31)11-13-19/h2-13,22-24H,14H2,1H3,(H,32,35)/t22-,23-,24+/m0/s1. The van der Waals surface area contributed by atoms with Crippen molar-refractivity contribution >= 4 is 68.1 Å². The molecule has 1 fully saturated rings. The van der Waals surface area contributed by atoms with E-state index in [9.17, 15) is 23.6 Å². The third-order valence-electron chi connectivity index (χ3n) is 7.08. The van der Waals surface area contributed by atoms with Crippen LogP contribution in [0.25, 0.3) is 0 Å². The Balaban J connectivity index is 1.41. The third-order valence-corrected chi connectivity index (χ3v) is 10.2. The maximum atomic E-state index is 13.8. The van der Waals surface area contributed by atoms with Crippen molar-refractivity contribution in [2.24, 2.45) is 5.92 Å². The van der Waals surface area contributed by atoms with Crippen LogP contribution in [-0.2, 0) is 20.9 Å². The molecule has 7 nitrogen and oxygen atoms in total. The first kappa shape index (κ1) is 26.7. The first-order chi connectivity index (χ1) is 19.2. The minimum atomic E-state index is -0.821. The van der Waals surface area contributed by atoms with E-state index in [1.54, 1.807) is 6.07 Å². The molecule has 0 radical (unpaired) electrons. The highest BCUT2D eigenvalue weighted by molar-refractivity contribution is 9.10. The van der Waals surface area contributed by atoms with Crippen molar-refractivity contribution in [1.29, 1.82) is 0 Å². The molecule has 3 heterocycles. The Labute approximate surface area is 245 Å². The van der Waals surface area contributed by atoms with E-state index in [0.717, 1.165) is 43.6 Å². The molecule has 1 saturated heterocycles. The summed E-state index contributed by atoms with van der Waals surface area (Å²) in [6.07, 6.45) is 0. The van der Waals surface area contributed by atoms with Crippen molar-refractivity contribution < 1.29 is 18.8 Å². The molecule has 6 rings (SSSR count). The summed E-state index contributed by atoms with van der Waals surface area (Å²) in [5.74, 6) is -3.04. The lowest BCUT2D eigenvalue weighted by atomic mass is 9.83. The second kappa shape index (κ2) is 10.5. The molecule has 4 aromatic rings. The van der Waals surface area contributed by atoms with E-state index in [1.165, 1.54) is 28.8 Å². The van der Waals surface area contributed by atoms with Gasteiger partial charge in [-0.1, -0.05) is 69.4 Å². The monoisotopic (exact) mass is 637 g/mol. The summed E-state index contributed by atoms with van der Waals surface area (Å²) in [4.78, 5) is 55.3. The molecular weight excluding hydrogens is 617 g/mol. The number of aryl methyl sites for hydroxylation is 1. The van der Waals surface area contributed by atoms with Crippen LogP contribution in [-0.4, -0.2) is 27.5 Å². The first-order valence-corrected chi connectivity index (χ1v) is 14.9. The lowest BCUT2D eigenvalue weighted by Crippen LogP contribution is -2.33. The topological polar surface area (TPSA) is 88.5 Å². The predicted molar refractivity (Wildman–Crippen MR) is 156 cm³/mol. The van der Waals surface area contributed by atoms with Gasteiger partial charge in [0.1, 0.15) is 17.6 Å². The van der Waals surface area contributed by atoms with Gasteiger partial charge < -0.3 is 5.32 Å². The van der Waals surface area contributed by atoms with Gasteiger partial charge in [0.15, 0.2) is 0 Å². The number of hydrogen-bond acceptors (Lipinski definition) is 6. The van der Waals surface area contributed by atoms with Crippen LogP contribution in [0.3, 0.4) is 0 Å². The van der Waals surface area contributed by atoms with Gasteiger partial charge in [-0.25, -0.2) is 9.29 Å². The van der Waals surface area contributed by atoms with Crippen LogP contribution < -0.4 is 15.1 Å². The third kappa shape index (κ3) is 4.61. The fourth-order valence-electron chi connectivity index (χ4n) is 5.18. The summed E-state index contributed by atoms with van der Waals surface area (Å²) in [5, 5.41) is 2.54. The van der Waals surface area contributed by atoms with Crippen molar-refractivity contribution in [2.75, 3.05) is 10.2 Å². The van der Waals surface area contributed by atoms with Gasteiger partial charge in [-0.3, -0.25) is 23.7 Å². The Morgan fingerprint density at radius 2 is 1.68 bits per heavy atom. The number of nitrogens with zero attached hydrogens (tertiary/aromatic N) is 2. The Kier molecular flexibility index (Phi) is 6.97. The zero-order chi connectivity index (χ0) is 28.1. The van der Waals surface area contributed by atoms with E-state index in [-0.39, 0.29) is 17.3 Å². The fourth-order valence-corrected chi connectivity index (χ4v) is 8.21. The van der Waals surface area contributed by atoms with Crippen LogP contribution in [0.4, 0.5) is 15.8 Å². The van der Waals surface area contributed by atoms with Crippen LogP contribution >= 0.6 is 39.0 Å². The highest BCUT2D eigenvalue weighted by atomic mass is 79.9. The highest BCUT2D eigenvalue weighted by Gasteiger charge is 2.56. The van der Waals surface area contributed by atoms with E-state index in [0.29, 0.717) is 21.3 Å². The highest BCUT2D eigenvalue weighted by Crippen LogP contribution is 2.53. The molecule has 3 atom stereocenters. The Morgan fingerprint density at radius 1 is 0.975 bits per heavy atom. The molecule has 3 amide bonds. The summed E-state index contributed by atoms with van der Waals surface area (Å²) >= 11 is 5.57. The molecule has 1 N–H and O–H groups in total. The smallest absolute Gasteiger partial charge is 0.308 e. The van der Waals surface area contributed by atoms with Gasteiger partial charge in [0.05, 0.1) is 16.6 Å². The zero-order valence-corrected chi connectivity index (χ0v) is 24.2. The van der Waals surface area contributed by atoms with Gasteiger partial charge in [-0.2, -0.15) is 0 Å². The summed E-state index contributed by atoms with van der Waals surface area (Å²) in [5.41, 5.74) is 2.61. The minimum absolute atomic E-state index is 0.236. The number of carbonyl (C=O) groups is 3. The molecule has 11 heteroatoms. The largest absolute Gasteiger partial charge is 0.324 e. The number of imide groups is 1. The number of para-hydroxylation sites is 1. The number of thiazole rings is 1. The summed E-state index contributed by atoms with van der Waals surface area (Å²) in [6.45, 7) is 1.64.